The average Bonchev–Trinajstić information content (AvgIpc) is 2.17. The molecular formula is C9H16O5. The molecule has 0 aromatic rings. The van der Waals surface area contributed by atoms with Gasteiger partial charge in [0, 0.05) is 6.42 Å². The molecule has 1 saturated heterocycles. The first-order valence-corrected chi connectivity index (χ1v) is 4.68. The molecule has 1 aliphatic rings. The fraction of sp³-hybridized carbons (Fsp3) is 0.889. The highest BCUT2D eigenvalue weighted by Gasteiger charge is 2.44. The van der Waals surface area contributed by atoms with Gasteiger partial charge in [0.15, 0.2) is 6.79 Å². The van der Waals surface area contributed by atoms with Crippen molar-refractivity contribution in [2.24, 2.45) is 0 Å². The molecule has 5 heteroatoms. The molecule has 0 aromatic heterocycles. The van der Waals surface area contributed by atoms with E-state index in [1.54, 1.807) is 0 Å². The smallest absolute Gasteiger partial charge is 0.366 e. The predicted octanol–water partition coefficient (Wildman–Crippen LogP) is 0.411. The zero-order chi connectivity index (χ0) is 10.6. The highest BCUT2D eigenvalue weighted by molar-refractivity contribution is 5.77. The van der Waals surface area contributed by atoms with E-state index in [1.165, 1.54) is 7.11 Å². The highest BCUT2D eigenvalue weighted by atomic mass is 16.8. The molecule has 0 radical (unpaired) electrons. The highest BCUT2D eigenvalue weighted by Crippen LogP contribution is 2.25. The fourth-order valence-electron chi connectivity index (χ4n) is 1.46. The molecule has 2 unspecified atom stereocenters. The molecule has 82 valence electrons. The zero-order valence-corrected chi connectivity index (χ0v) is 8.49. The maximum absolute atomic E-state index is 11.2. The summed E-state index contributed by atoms with van der Waals surface area (Å²) in [7, 11) is 1.22. The Morgan fingerprint density at radius 2 is 2.43 bits per heavy atom. The summed E-state index contributed by atoms with van der Waals surface area (Å²) in [5, 5.41) is 9.76. The van der Waals surface area contributed by atoms with Crippen LogP contribution in [0.5, 0.6) is 0 Å². The van der Waals surface area contributed by atoms with Gasteiger partial charge in [0.2, 0.25) is 0 Å². The van der Waals surface area contributed by atoms with Crippen LogP contribution in [0.25, 0.3) is 0 Å². The molecule has 0 aromatic carbocycles. The van der Waals surface area contributed by atoms with Crippen LogP contribution >= 0.6 is 0 Å². The molecule has 0 amide bonds. The summed E-state index contributed by atoms with van der Waals surface area (Å²) in [5.41, 5.74) is 0. The third-order valence-electron chi connectivity index (χ3n) is 2.22. The van der Waals surface area contributed by atoms with Crippen molar-refractivity contribution in [3.63, 3.8) is 0 Å². The van der Waals surface area contributed by atoms with E-state index >= 15 is 0 Å². The predicted molar refractivity (Wildman–Crippen MR) is 47.3 cm³/mol. The van der Waals surface area contributed by atoms with E-state index in [4.69, 9.17) is 9.47 Å². The molecule has 1 heterocycles. The van der Waals surface area contributed by atoms with E-state index in [-0.39, 0.29) is 19.3 Å². The molecule has 1 fully saturated rings. The van der Waals surface area contributed by atoms with Gasteiger partial charge < -0.3 is 19.3 Å². The number of methoxy groups -OCH3 is 1. The first-order valence-electron chi connectivity index (χ1n) is 4.68. The maximum Gasteiger partial charge on any atom is 0.366 e. The molecule has 1 rings (SSSR count). The SMILES string of the molecule is CCCC1CC(O)(C(=O)OC)OCO1. The van der Waals surface area contributed by atoms with Crippen LogP contribution in [0.4, 0.5) is 0 Å². The lowest BCUT2D eigenvalue weighted by Gasteiger charge is -2.34. The summed E-state index contributed by atoms with van der Waals surface area (Å²) in [5.74, 6) is -2.59. The number of esters is 1. The Hall–Kier alpha value is -0.650. The van der Waals surface area contributed by atoms with Gasteiger partial charge in [-0.2, -0.15) is 0 Å². The minimum atomic E-state index is -1.83. The molecular weight excluding hydrogens is 188 g/mol. The second-order valence-corrected chi connectivity index (χ2v) is 3.32. The number of aliphatic hydroxyl groups is 1. The van der Waals surface area contributed by atoms with Gasteiger partial charge in [-0.3, -0.25) is 0 Å². The Kier molecular flexibility index (Phi) is 3.86. The first kappa shape index (κ1) is 11.4. The van der Waals surface area contributed by atoms with Crippen molar-refractivity contribution in [3.8, 4) is 0 Å². The van der Waals surface area contributed by atoms with E-state index in [0.717, 1.165) is 12.8 Å². The van der Waals surface area contributed by atoms with Crippen LogP contribution in [-0.2, 0) is 19.0 Å². The lowest BCUT2D eigenvalue weighted by molar-refractivity contribution is -0.301. The lowest BCUT2D eigenvalue weighted by Crippen LogP contribution is -2.49. The van der Waals surface area contributed by atoms with E-state index < -0.39 is 11.8 Å². The summed E-state index contributed by atoms with van der Waals surface area (Å²) in [6.07, 6.45) is 1.72. The Morgan fingerprint density at radius 1 is 1.71 bits per heavy atom. The number of carbonyl (C=O) groups excluding carboxylic acids is 1. The number of ether oxygens (including phenoxy) is 3. The van der Waals surface area contributed by atoms with Gasteiger partial charge in [-0.25, -0.2) is 4.79 Å². The van der Waals surface area contributed by atoms with Crippen molar-refractivity contribution in [3.05, 3.63) is 0 Å². The van der Waals surface area contributed by atoms with E-state index in [0.29, 0.717) is 0 Å². The number of carbonyl (C=O) groups is 1. The Labute approximate surface area is 82.9 Å². The molecule has 1 N–H and O–H groups in total. The minimum absolute atomic E-state index is 0.0731. The molecule has 2 atom stereocenters. The second kappa shape index (κ2) is 4.72. The molecule has 5 nitrogen and oxygen atoms in total. The summed E-state index contributed by atoms with van der Waals surface area (Å²) in [4.78, 5) is 11.2. The van der Waals surface area contributed by atoms with Crippen molar-refractivity contribution < 1.29 is 24.1 Å². The third-order valence-corrected chi connectivity index (χ3v) is 2.22. The number of hydrogen-bond acceptors (Lipinski definition) is 5. The van der Waals surface area contributed by atoms with Crippen LogP contribution in [0.3, 0.4) is 0 Å². The van der Waals surface area contributed by atoms with Gasteiger partial charge in [0.1, 0.15) is 0 Å². The molecule has 14 heavy (non-hydrogen) atoms. The van der Waals surface area contributed by atoms with Crippen molar-refractivity contribution in [2.45, 2.75) is 38.1 Å². The molecule has 1 aliphatic heterocycles. The van der Waals surface area contributed by atoms with E-state index in [9.17, 15) is 9.90 Å². The largest absolute Gasteiger partial charge is 0.465 e. The summed E-state index contributed by atoms with van der Waals surface area (Å²) < 4.78 is 14.5. The number of hydrogen-bond donors (Lipinski definition) is 1. The Morgan fingerprint density at radius 3 is 3.00 bits per heavy atom. The monoisotopic (exact) mass is 204 g/mol. The van der Waals surface area contributed by atoms with Gasteiger partial charge in [-0.1, -0.05) is 13.3 Å². The number of rotatable bonds is 3. The van der Waals surface area contributed by atoms with Crippen LogP contribution in [0.1, 0.15) is 26.2 Å². The topological polar surface area (TPSA) is 65.0 Å². The van der Waals surface area contributed by atoms with Gasteiger partial charge >= 0.3 is 5.97 Å². The lowest BCUT2D eigenvalue weighted by atomic mass is 10.0. The standard InChI is InChI=1S/C9H16O5/c1-3-4-7-5-9(11,8(10)12-2)14-6-13-7/h7,11H,3-6H2,1-2H3. The van der Waals surface area contributed by atoms with Crippen LogP contribution in [0.2, 0.25) is 0 Å². The summed E-state index contributed by atoms with van der Waals surface area (Å²) in [6, 6.07) is 0. The Balaban J connectivity index is 2.57. The fourth-order valence-corrected chi connectivity index (χ4v) is 1.46. The van der Waals surface area contributed by atoms with Crippen LogP contribution in [0.15, 0.2) is 0 Å². The second-order valence-electron chi connectivity index (χ2n) is 3.32. The van der Waals surface area contributed by atoms with Crippen molar-refractivity contribution in [2.75, 3.05) is 13.9 Å². The molecule has 0 saturated carbocycles. The van der Waals surface area contributed by atoms with Crippen LogP contribution in [0, 0.1) is 0 Å². The quantitative estimate of drug-likeness (QED) is 0.674. The van der Waals surface area contributed by atoms with Gasteiger partial charge in [0.25, 0.3) is 5.79 Å². The van der Waals surface area contributed by atoms with Crippen LogP contribution < -0.4 is 0 Å². The van der Waals surface area contributed by atoms with Crippen molar-refractivity contribution in [1.82, 2.24) is 0 Å². The summed E-state index contributed by atoms with van der Waals surface area (Å²) >= 11 is 0. The maximum atomic E-state index is 11.2. The molecule has 0 spiro atoms. The van der Waals surface area contributed by atoms with Crippen LogP contribution in [-0.4, -0.2) is 36.9 Å². The van der Waals surface area contributed by atoms with E-state index in [1.807, 2.05) is 6.92 Å². The third kappa shape index (κ3) is 2.43. The molecule has 0 aliphatic carbocycles. The summed E-state index contributed by atoms with van der Waals surface area (Å²) in [6.45, 7) is 1.94. The van der Waals surface area contributed by atoms with Gasteiger partial charge in [-0.15, -0.1) is 0 Å². The van der Waals surface area contributed by atoms with Crippen molar-refractivity contribution >= 4 is 5.97 Å². The van der Waals surface area contributed by atoms with Gasteiger partial charge in [0.05, 0.1) is 13.2 Å². The first-order chi connectivity index (χ1) is 6.62. The minimum Gasteiger partial charge on any atom is -0.465 e. The van der Waals surface area contributed by atoms with E-state index in [2.05, 4.69) is 4.74 Å². The zero-order valence-electron chi connectivity index (χ0n) is 8.49. The molecule has 0 bridgehead atoms. The van der Waals surface area contributed by atoms with Gasteiger partial charge in [-0.05, 0) is 6.42 Å². The normalized spacial score (nSPS) is 32.6. The average molecular weight is 204 g/mol. The van der Waals surface area contributed by atoms with Crippen molar-refractivity contribution in [1.29, 1.82) is 0 Å². The Bertz CT molecular complexity index is 203.